The van der Waals surface area contributed by atoms with Gasteiger partial charge in [-0.15, -0.1) is 0 Å². The highest BCUT2D eigenvalue weighted by Crippen LogP contribution is 2.43. The van der Waals surface area contributed by atoms with E-state index < -0.39 is 0 Å². The zero-order valence-electron chi connectivity index (χ0n) is 12.3. The van der Waals surface area contributed by atoms with Gasteiger partial charge in [0, 0.05) is 11.5 Å². The minimum absolute atomic E-state index is 0.0575. The van der Waals surface area contributed by atoms with Crippen LogP contribution in [0.4, 0.5) is 0 Å². The maximum atomic E-state index is 12.5. The fraction of sp³-hybridized carbons (Fsp3) is 0.933. The zero-order valence-corrected chi connectivity index (χ0v) is 12.3. The van der Waals surface area contributed by atoms with E-state index in [1.807, 2.05) is 6.92 Å². The van der Waals surface area contributed by atoms with Gasteiger partial charge in [0.2, 0.25) is 5.91 Å². The molecular weight excluding hydrogens is 226 g/mol. The Labute approximate surface area is 111 Å². The summed E-state index contributed by atoms with van der Waals surface area (Å²) in [6, 6.07) is 0.0575. The topological polar surface area (TPSA) is 49.3 Å². The van der Waals surface area contributed by atoms with Gasteiger partial charge in [0.1, 0.15) is 0 Å². The van der Waals surface area contributed by atoms with Gasteiger partial charge >= 0.3 is 0 Å². The maximum Gasteiger partial charge on any atom is 0.226 e. The van der Waals surface area contributed by atoms with Crippen LogP contribution in [0.1, 0.15) is 66.2 Å². The van der Waals surface area contributed by atoms with Crippen LogP contribution in [0.15, 0.2) is 0 Å². The van der Waals surface area contributed by atoms with Crippen molar-refractivity contribution in [3.05, 3.63) is 0 Å². The maximum absolute atomic E-state index is 12.5. The van der Waals surface area contributed by atoms with Crippen LogP contribution in [0, 0.1) is 11.3 Å². The highest BCUT2D eigenvalue weighted by atomic mass is 16.3. The van der Waals surface area contributed by atoms with Gasteiger partial charge in [-0.25, -0.2) is 0 Å². The molecule has 2 unspecified atom stereocenters. The van der Waals surface area contributed by atoms with Gasteiger partial charge in [-0.05, 0) is 45.4 Å². The number of aliphatic hydroxyl groups is 1. The molecule has 18 heavy (non-hydrogen) atoms. The summed E-state index contributed by atoms with van der Waals surface area (Å²) in [5, 5.41) is 12.5. The SMILES string of the molecule is CC(C)CC1(C(=O)NC(C)CC(C)O)CCCC1. The molecule has 0 aromatic heterocycles. The number of rotatable bonds is 6. The predicted octanol–water partition coefficient (Wildman–Crippen LogP) is 2.87. The second-order valence-corrected chi connectivity index (χ2v) is 6.54. The third kappa shape index (κ3) is 4.27. The first kappa shape index (κ1) is 15.5. The van der Waals surface area contributed by atoms with Crippen molar-refractivity contribution < 1.29 is 9.90 Å². The summed E-state index contributed by atoms with van der Waals surface area (Å²) in [6.45, 7) is 8.11. The fourth-order valence-electron chi connectivity index (χ4n) is 3.30. The van der Waals surface area contributed by atoms with E-state index in [1.165, 1.54) is 12.8 Å². The van der Waals surface area contributed by atoms with Crippen LogP contribution in [0.3, 0.4) is 0 Å². The molecular formula is C15H29NO2. The summed E-state index contributed by atoms with van der Waals surface area (Å²) in [5.74, 6) is 0.766. The Morgan fingerprint density at radius 2 is 1.78 bits per heavy atom. The lowest BCUT2D eigenvalue weighted by Crippen LogP contribution is -2.44. The molecule has 1 rings (SSSR count). The molecule has 0 spiro atoms. The second kappa shape index (κ2) is 6.55. The lowest BCUT2D eigenvalue weighted by atomic mass is 9.77. The minimum Gasteiger partial charge on any atom is -0.393 e. The zero-order chi connectivity index (χ0) is 13.8. The molecule has 0 aromatic carbocycles. The fourth-order valence-corrected chi connectivity index (χ4v) is 3.30. The minimum atomic E-state index is -0.357. The molecule has 2 N–H and O–H groups in total. The molecule has 106 valence electrons. The Morgan fingerprint density at radius 1 is 1.22 bits per heavy atom. The molecule has 0 radical (unpaired) electrons. The van der Waals surface area contributed by atoms with Crippen LogP contribution < -0.4 is 5.32 Å². The molecule has 1 aliphatic carbocycles. The summed E-state index contributed by atoms with van der Waals surface area (Å²) in [7, 11) is 0. The molecule has 2 atom stereocenters. The molecule has 1 fully saturated rings. The molecule has 0 heterocycles. The van der Waals surface area contributed by atoms with Gasteiger partial charge in [-0.3, -0.25) is 4.79 Å². The molecule has 0 saturated heterocycles. The summed E-state index contributed by atoms with van der Waals surface area (Å²) in [6.07, 6.45) is 5.65. The Balaban J connectivity index is 2.60. The van der Waals surface area contributed by atoms with E-state index in [9.17, 15) is 9.90 Å². The predicted molar refractivity (Wildman–Crippen MR) is 74.3 cm³/mol. The van der Waals surface area contributed by atoms with Crippen LogP contribution in [0.2, 0.25) is 0 Å². The number of hydrogen-bond donors (Lipinski definition) is 2. The van der Waals surface area contributed by atoms with Crippen molar-refractivity contribution in [1.82, 2.24) is 5.32 Å². The molecule has 0 aromatic rings. The van der Waals surface area contributed by atoms with Crippen LogP contribution in [0.5, 0.6) is 0 Å². The monoisotopic (exact) mass is 255 g/mol. The van der Waals surface area contributed by atoms with E-state index in [0.29, 0.717) is 12.3 Å². The van der Waals surface area contributed by atoms with Gasteiger partial charge in [0.05, 0.1) is 6.10 Å². The molecule has 3 heteroatoms. The number of hydrogen-bond acceptors (Lipinski definition) is 2. The third-order valence-electron chi connectivity index (χ3n) is 3.91. The average Bonchev–Trinajstić information content (AvgIpc) is 2.64. The number of aliphatic hydroxyl groups excluding tert-OH is 1. The van der Waals surface area contributed by atoms with Crippen LogP contribution in [0.25, 0.3) is 0 Å². The van der Waals surface area contributed by atoms with E-state index in [4.69, 9.17) is 0 Å². The quantitative estimate of drug-likeness (QED) is 0.766. The summed E-state index contributed by atoms with van der Waals surface area (Å²) in [5.41, 5.74) is -0.138. The van der Waals surface area contributed by atoms with E-state index in [2.05, 4.69) is 19.2 Å². The Kier molecular flexibility index (Phi) is 5.64. The highest BCUT2D eigenvalue weighted by molar-refractivity contribution is 5.83. The summed E-state index contributed by atoms with van der Waals surface area (Å²) in [4.78, 5) is 12.5. The van der Waals surface area contributed by atoms with Crippen molar-refractivity contribution in [1.29, 1.82) is 0 Å². The standard InChI is InChI=1S/C15H29NO2/c1-11(2)10-15(7-5-6-8-15)14(18)16-12(3)9-13(4)17/h11-13,17H,5-10H2,1-4H3,(H,16,18). The van der Waals surface area contributed by atoms with E-state index in [1.54, 1.807) is 6.92 Å². The normalized spacial score (nSPS) is 21.9. The first-order chi connectivity index (χ1) is 8.35. The first-order valence-corrected chi connectivity index (χ1v) is 7.35. The van der Waals surface area contributed by atoms with Gasteiger partial charge in [-0.1, -0.05) is 26.7 Å². The second-order valence-electron chi connectivity index (χ2n) is 6.54. The lowest BCUT2D eigenvalue weighted by molar-refractivity contribution is -0.132. The molecule has 3 nitrogen and oxygen atoms in total. The number of amides is 1. The van der Waals surface area contributed by atoms with Gasteiger partial charge in [0.25, 0.3) is 0 Å². The number of nitrogens with one attached hydrogen (secondary N) is 1. The largest absolute Gasteiger partial charge is 0.393 e. The van der Waals surface area contributed by atoms with Crippen molar-refractivity contribution in [3.8, 4) is 0 Å². The van der Waals surface area contributed by atoms with Crippen molar-refractivity contribution in [3.63, 3.8) is 0 Å². The van der Waals surface area contributed by atoms with Crippen LogP contribution in [-0.2, 0) is 4.79 Å². The van der Waals surface area contributed by atoms with Crippen molar-refractivity contribution >= 4 is 5.91 Å². The van der Waals surface area contributed by atoms with E-state index >= 15 is 0 Å². The van der Waals surface area contributed by atoms with Crippen molar-refractivity contribution in [2.45, 2.75) is 78.4 Å². The van der Waals surface area contributed by atoms with E-state index in [-0.39, 0.29) is 23.5 Å². The molecule has 1 saturated carbocycles. The van der Waals surface area contributed by atoms with Crippen molar-refractivity contribution in [2.24, 2.45) is 11.3 Å². The lowest BCUT2D eigenvalue weighted by Gasteiger charge is -2.31. The van der Waals surface area contributed by atoms with Gasteiger partial charge < -0.3 is 10.4 Å². The Hall–Kier alpha value is -0.570. The van der Waals surface area contributed by atoms with Gasteiger partial charge in [0.15, 0.2) is 0 Å². The summed E-state index contributed by atoms with van der Waals surface area (Å²) >= 11 is 0. The molecule has 1 aliphatic rings. The van der Waals surface area contributed by atoms with Crippen LogP contribution >= 0.6 is 0 Å². The van der Waals surface area contributed by atoms with E-state index in [0.717, 1.165) is 19.3 Å². The smallest absolute Gasteiger partial charge is 0.226 e. The summed E-state index contributed by atoms with van der Waals surface area (Å²) < 4.78 is 0. The third-order valence-corrected chi connectivity index (χ3v) is 3.91. The first-order valence-electron chi connectivity index (χ1n) is 7.35. The van der Waals surface area contributed by atoms with Gasteiger partial charge in [-0.2, -0.15) is 0 Å². The molecule has 0 bridgehead atoms. The Bertz CT molecular complexity index is 268. The number of carbonyl (C=O) groups is 1. The molecule has 0 aliphatic heterocycles. The number of carbonyl (C=O) groups excluding carboxylic acids is 1. The average molecular weight is 255 g/mol. The van der Waals surface area contributed by atoms with Crippen molar-refractivity contribution in [2.75, 3.05) is 0 Å². The van der Waals surface area contributed by atoms with Crippen LogP contribution in [-0.4, -0.2) is 23.2 Å². The Morgan fingerprint density at radius 3 is 2.22 bits per heavy atom. The highest BCUT2D eigenvalue weighted by Gasteiger charge is 2.41. The molecule has 1 amide bonds.